The van der Waals surface area contributed by atoms with Gasteiger partial charge in [0.15, 0.2) is 0 Å². The Morgan fingerprint density at radius 1 is 0.929 bits per heavy atom. The number of benzene rings is 2. The van der Waals surface area contributed by atoms with E-state index >= 15 is 0 Å². The molecular formula is C28H31F7N4O3. The summed E-state index contributed by atoms with van der Waals surface area (Å²) in [5.41, 5.74) is -1.99. The lowest BCUT2D eigenvalue weighted by atomic mass is 9.88. The lowest BCUT2D eigenvalue weighted by Crippen LogP contribution is -2.56. The summed E-state index contributed by atoms with van der Waals surface area (Å²) in [4.78, 5) is 31.0. The zero-order valence-corrected chi connectivity index (χ0v) is 23.0. The maximum Gasteiger partial charge on any atom is 0.416 e. The van der Waals surface area contributed by atoms with Gasteiger partial charge >= 0.3 is 24.5 Å². The molecule has 4 rings (SSSR count). The Kier molecular flexibility index (Phi) is 8.95. The van der Waals surface area contributed by atoms with Gasteiger partial charge in [-0.1, -0.05) is 6.07 Å². The summed E-state index contributed by atoms with van der Waals surface area (Å²) in [6.07, 6.45) is -10.1. The topological polar surface area (TPSA) is 67.3 Å². The van der Waals surface area contributed by atoms with Crippen molar-refractivity contribution in [3.63, 3.8) is 0 Å². The Labute approximate surface area is 238 Å². The number of halogens is 7. The fourth-order valence-electron chi connectivity index (χ4n) is 5.76. The first-order chi connectivity index (χ1) is 19.5. The minimum absolute atomic E-state index is 0.0254. The van der Waals surface area contributed by atoms with Gasteiger partial charge in [0.2, 0.25) is 0 Å². The van der Waals surface area contributed by atoms with Crippen LogP contribution in [-0.4, -0.2) is 82.6 Å². The van der Waals surface area contributed by atoms with Gasteiger partial charge in [-0.15, -0.1) is 0 Å². The van der Waals surface area contributed by atoms with Gasteiger partial charge in [-0.3, -0.25) is 4.90 Å². The molecule has 0 saturated carbocycles. The van der Waals surface area contributed by atoms with Crippen LogP contribution in [0.1, 0.15) is 46.7 Å². The van der Waals surface area contributed by atoms with Crippen molar-refractivity contribution in [2.75, 3.05) is 39.8 Å². The predicted molar refractivity (Wildman–Crippen MR) is 138 cm³/mol. The summed E-state index contributed by atoms with van der Waals surface area (Å²) in [7, 11) is 1.31. The second kappa shape index (κ2) is 12.0. The van der Waals surface area contributed by atoms with E-state index in [9.17, 15) is 45.4 Å². The van der Waals surface area contributed by atoms with E-state index in [0.717, 1.165) is 4.90 Å². The van der Waals surface area contributed by atoms with Crippen LogP contribution in [0.25, 0.3) is 0 Å². The fraction of sp³-hybridized carbons (Fsp3) is 0.500. The van der Waals surface area contributed by atoms with Crippen molar-refractivity contribution in [1.82, 2.24) is 19.6 Å². The number of amides is 3. The molecule has 0 spiro atoms. The van der Waals surface area contributed by atoms with Crippen LogP contribution in [-0.2, 0) is 18.9 Å². The maximum atomic E-state index is 13.9. The number of piperidine rings is 1. The monoisotopic (exact) mass is 604 g/mol. The van der Waals surface area contributed by atoms with Crippen LogP contribution in [0.5, 0.6) is 0 Å². The Morgan fingerprint density at radius 3 is 2.05 bits per heavy atom. The standard InChI is InChI=1S/C28H31F7N4O3/c1-17-11-21(29)3-4-23(17)24-15-22(37-7-9-38(10-8-37)26(41)42)5-6-39(24)25(40)36(2)16-18-12-19(27(30,31)32)14-20(13-18)28(33,34)35/h3-4,11-14,22,24H,5-10,15-16H2,1-2H3,(H,41,42)/t22-,24-/m1/s1. The molecule has 0 radical (unpaired) electrons. The first-order valence-corrected chi connectivity index (χ1v) is 13.3. The lowest BCUT2D eigenvalue weighted by Gasteiger charge is -2.46. The Morgan fingerprint density at radius 2 is 1.52 bits per heavy atom. The highest BCUT2D eigenvalue weighted by Gasteiger charge is 2.39. The van der Waals surface area contributed by atoms with E-state index < -0.39 is 54.0 Å². The third-order valence-corrected chi connectivity index (χ3v) is 7.91. The van der Waals surface area contributed by atoms with Crippen LogP contribution in [0, 0.1) is 12.7 Å². The van der Waals surface area contributed by atoms with Crippen molar-refractivity contribution >= 4 is 12.1 Å². The number of rotatable bonds is 4. The number of piperazine rings is 1. The molecule has 2 aliphatic rings. The molecule has 2 atom stereocenters. The molecule has 0 unspecified atom stereocenters. The Bertz CT molecular complexity index is 1280. The number of hydrogen-bond acceptors (Lipinski definition) is 3. The van der Waals surface area contributed by atoms with E-state index in [0.29, 0.717) is 62.3 Å². The Hall–Kier alpha value is -3.55. The van der Waals surface area contributed by atoms with Crippen LogP contribution < -0.4 is 0 Å². The Balaban J connectivity index is 1.58. The quantitative estimate of drug-likeness (QED) is 0.421. The van der Waals surface area contributed by atoms with Crippen LogP contribution in [0.4, 0.5) is 40.3 Å². The molecule has 2 fully saturated rings. The number of nitrogens with zero attached hydrogens (tertiary/aromatic N) is 4. The van der Waals surface area contributed by atoms with Gasteiger partial charge in [0.25, 0.3) is 0 Å². The largest absolute Gasteiger partial charge is 0.465 e. The smallest absolute Gasteiger partial charge is 0.416 e. The highest BCUT2D eigenvalue weighted by Crippen LogP contribution is 2.38. The van der Waals surface area contributed by atoms with E-state index in [1.807, 2.05) is 0 Å². The predicted octanol–water partition coefficient (Wildman–Crippen LogP) is 6.22. The molecule has 7 nitrogen and oxygen atoms in total. The number of hydrogen-bond donors (Lipinski definition) is 1. The van der Waals surface area contributed by atoms with Gasteiger partial charge in [0, 0.05) is 52.4 Å². The summed E-state index contributed by atoms with van der Waals surface area (Å²) in [5, 5.41) is 9.26. The number of likely N-dealkylation sites (tertiary alicyclic amines) is 1. The zero-order chi connectivity index (χ0) is 31.0. The molecule has 2 heterocycles. The van der Waals surface area contributed by atoms with Gasteiger partial charge in [0.1, 0.15) is 5.82 Å². The summed E-state index contributed by atoms with van der Waals surface area (Å²) in [6, 6.07) is 4.25. The van der Waals surface area contributed by atoms with E-state index in [1.54, 1.807) is 13.0 Å². The van der Waals surface area contributed by atoms with Crippen molar-refractivity contribution in [1.29, 1.82) is 0 Å². The highest BCUT2D eigenvalue weighted by atomic mass is 19.4. The highest BCUT2D eigenvalue weighted by molar-refractivity contribution is 5.75. The number of urea groups is 1. The molecule has 42 heavy (non-hydrogen) atoms. The van der Waals surface area contributed by atoms with E-state index in [2.05, 4.69) is 4.90 Å². The lowest BCUT2D eigenvalue weighted by molar-refractivity contribution is -0.143. The summed E-state index contributed by atoms with van der Waals surface area (Å²) >= 11 is 0. The van der Waals surface area contributed by atoms with E-state index in [1.165, 1.54) is 29.0 Å². The van der Waals surface area contributed by atoms with Crippen molar-refractivity contribution in [3.05, 3.63) is 70.0 Å². The average Bonchev–Trinajstić information content (AvgIpc) is 2.91. The van der Waals surface area contributed by atoms with Crippen LogP contribution in [0.15, 0.2) is 36.4 Å². The molecule has 2 aromatic carbocycles. The normalized spacial score (nSPS) is 20.5. The van der Waals surface area contributed by atoms with Crippen molar-refractivity contribution in [2.24, 2.45) is 0 Å². The first kappa shape index (κ1) is 31.4. The molecule has 2 saturated heterocycles. The molecule has 14 heteroatoms. The molecule has 2 aliphatic heterocycles. The van der Waals surface area contributed by atoms with Gasteiger partial charge < -0.3 is 19.8 Å². The second-order valence-corrected chi connectivity index (χ2v) is 10.7. The summed E-state index contributed by atoms with van der Waals surface area (Å²) in [5.74, 6) is -0.464. The SMILES string of the molecule is Cc1cc(F)ccc1[C@H]1C[C@H](N2CCN(C(=O)O)CC2)CCN1C(=O)N(C)Cc1cc(C(F)(F)F)cc(C(F)(F)F)c1. The van der Waals surface area contributed by atoms with Gasteiger partial charge in [-0.2, -0.15) is 26.3 Å². The van der Waals surface area contributed by atoms with Crippen LogP contribution in [0.2, 0.25) is 0 Å². The molecule has 0 aliphatic carbocycles. The van der Waals surface area contributed by atoms with E-state index in [-0.39, 0.29) is 24.2 Å². The number of alkyl halides is 6. The minimum atomic E-state index is -5.01. The van der Waals surface area contributed by atoms with E-state index in [4.69, 9.17) is 0 Å². The summed E-state index contributed by atoms with van der Waals surface area (Å²) < 4.78 is 94.1. The first-order valence-electron chi connectivity index (χ1n) is 13.3. The maximum absolute atomic E-state index is 13.9. The van der Waals surface area contributed by atoms with Crippen molar-refractivity contribution in [3.8, 4) is 0 Å². The second-order valence-electron chi connectivity index (χ2n) is 10.7. The number of aryl methyl sites for hydroxylation is 1. The molecule has 2 aromatic rings. The third kappa shape index (κ3) is 7.08. The molecule has 230 valence electrons. The molecular weight excluding hydrogens is 573 g/mol. The van der Waals surface area contributed by atoms with Crippen molar-refractivity contribution in [2.45, 2.75) is 50.7 Å². The molecule has 0 bridgehead atoms. The number of carbonyl (C=O) groups excluding carboxylic acids is 1. The summed E-state index contributed by atoms with van der Waals surface area (Å²) in [6.45, 7) is 3.07. The van der Waals surface area contributed by atoms with Gasteiger partial charge in [-0.25, -0.2) is 14.0 Å². The molecule has 0 aromatic heterocycles. The van der Waals surface area contributed by atoms with Crippen LogP contribution >= 0.6 is 0 Å². The number of carboxylic acid groups (broad SMARTS) is 1. The van der Waals surface area contributed by atoms with Crippen molar-refractivity contribution < 1.29 is 45.4 Å². The van der Waals surface area contributed by atoms with Gasteiger partial charge in [-0.05, 0) is 66.8 Å². The van der Waals surface area contributed by atoms with Crippen LogP contribution in [0.3, 0.4) is 0 Å². The third-order valence-electron chi connectivity index (χ3n) is 7.91. The zero-order valence-electron chi connectivity index (χ0n) is 23.0. The molecule has 3 amide bonds. The van der Waals surface area contributed by atoms with Gasteiger partial charge in [0.05, 0.1) is 17.2 Å². The average molecular weight is 605 g/mol. The fourth-order valence-corrected chi connectivity index (χ4v) is 5.76. The number of carbonyl (C=O) groups is 2. The molecule has 1 N–H and O–H groups in total. The minimum Gasteiger partial charge on any atom is -0.465 e.